The van der Waals surface area contributed by atoms with Crippen LogP contribution in [0.2, 0.25) is 0 Å². The zero-order valence-electron chi connectivity index (χ0n) is 21.7. The van der Waals surface area contributed by atoms with E-state index in [1.807, 2.05) is 6.07 Å². The first kappa shape index (κ1) is 24.4. The van der Waals surface area contributed by atoms with Gasteiger partial charge >= 0.3 is 6.01 Å². The van der Waals surface area contributed by atoms with Gasteiger partial charge in [0.1, 0.15) is 17.5 Å². The molecule has 1 aromatic carbocycles. The van der Waals surface area contributed by atoms with Crippen molar-refractivity contribution in [2.24, 2.45) is 5.92 Å². The number of ether oxygens (including phenoxy) is 3. The van der Waals surface area contributed by atoms with Gasteiger partial charge in [0.05, 0.1) is 31.1 Å². The normalized spacial score (nSPS) is 25.8. The predicted molar refractivity (Wildman–Crippen MR) is 139 cm³/mol. The van der Waals surface area contributed by atoms with Gasteiger partial charge in [-0.3, -0.25) is 0 Å². The lowest BCUT2D eigenvalue weighted by atomic mass is 9.72. The Hall–Kier alpha value is -2.93. The lowest BCUT2D eigenvalue weighted by Crippen LogP contribution is -2.41. The van der Waals surface area contributed by atoms with Crippen molar-refractivity contribution in [3.8, 4) is 12.1 Å². The molecule has 3 aliphatic heterocycles. The lowest BCUT2D eigenvalue weighted by molar-refractivity contribution is -0.0856. The number of benzene rings is 1. The number of aryl methyl sites for hydroxylation is 1. The Bertz CT molecular complexity index is 1210. The molecule has 2 atom stereocenters. The number of likely N-dealkylation sites (tertiary alicyclic amines) is 1. The smallest absolute Gasteiger partial charge is 0.318 e. The summed E-state index contributed by atoms with van der Waals surface area (Å²) in [5.74, 6) is 1.38. The summed E-state index contributed by atoms with van der Waals surface area (Å²) in [5.41, 5.74) is 10.8. The first-order chi connectivity index (χ1) is 18.1. The minimum absolute atomic E-state index is 0.398. The van der Waals surface area contributed by atoms with E-state index in [1.165, 1.54) is 0 Å². The van der Waals surface area contributed by atoms with Crippen LogP contribution in [0.4, 0.5) is 11.5 Å². The monoisotopic (exact) mass is 504 g/mol. The number of nitrogens with two attached hydrogens (primary N) is 1. The molecule has 1 aromatic heterocycles. The van der Waals surface area contributed by atoms with E-state index in [0.717, 1.165) is 93.1 Å². The first-order valence-corrected chi connectivity index (χ1v) is 13.6. The molecule has 6 rings (SSSR count). The summed E-state index contributed by atoms with van der Waals surface area (Å²) in [7, 11) is 2.15. The van der Waals surface area contributed by atoms with Gasteiger partial charge in [-0.05, 0) is 57.3 Å². The van der Waals surface area contributed by atoms with Crippen molar-refractivity contribution in [3.05, 3.63) is 40.1 Å². The molecular weight excluding hydrogens is 468 g/mol. The molecule has 0 radical (unpaired) electrons. The van der Waals surface area contributed by atoms with Crippen molar-refractivity contribution in [1.29, 1.82) is 5.26 Å². The summed E-state index contributed by atoms with van der Waals surface area (Å²) in [6, 6.07) is 6.71. The molecule has 2 fully saturated rings. The topological polar surface area (TPSA) is 110 Å². The summed E-state index contributed by atoms with van der Waals surface area (Å²) < 4.78 is 18.7. The third-order valence-electron chi connectivity index (χ3n) is 8.37. The van der Waals surface area contributed by atoms with Crippen molar-refractivity contribution >= 4 is 11.5 Å². The molecule has 9 nitrogen and oxygen atoms in total. The molecular formula is C28H36N6O3. The Labute approximate surface area is 218 Å². The molecule has 2 unspecified atom stereocenters. The number of anilines is 2. The van der Waals surface area contributed by atoms with Gasteiger partial charge in [0, 0.05) is 55.4 Å². The summed E-state index contributed by atoms with van der Waals surface area (Å²) in [4.78, 5) is 14.5. The van der Waals surface area contributed by atoms with Crippen LogP contribution in [0.15, 0.2) is 12.1 Å². The van der Waals surface area contributed by atoms with Crippen LogP contribution in [0.3, 0.4) is 0 Å². The number of rotatable bonds is 4. The van der Waals surface area contributed by atoms with Crippen LogP contribution >= 0.6 is 0 Å². The molecule has 2 saturated heterocycles. The molecule has 0 bridgehead atoms. The van der Waals surface area contributed by atoms with Gasteiger partial charge in [0.2, 0.25) is 0 Å². The van der Waals surface area contributed by atoms with Gasteiger partial charge in [-0.2, -0.15) is 15.2 Å². The average molecular weight is 505 g/mol. The summed E-state index contributed by atoms with van der Waals surface area (Å²) in [6.45, 7) is 6.23. The molecule has 4 heterocycles. The second-order valence-electron chi connectivity index (χ2n) is 10.9. The van der Waals surface area contributed by atoms with Crippen LogP contribution in [-0.2, 0) is 34.5 Å². The highest BCUT2D eigenvalue weighted by Gasteiger charge is 2.45. The van der Waals surface area contributed by atoms with E-state index in [4.69, 9.17) is 29.9 Å². The average Bonchev–Trinajstić information content (AvgIpc) is 3.14. The Morgan fingerprint density at radius 3 is 2.97 bits per heavy atom. The Morgan fingerprint density at radius 2 is 2.14 bits per heavy atom. The highest BCUT2D eigenvalue weighted by molar-refractivity contribution is 5.63. The number of hydrogen-bond acceptors (Lipinski definition) is 9. The van der Waals surface area contributed by atoms with Crippen molar-refractivity contribution in [3.63, 3.8) is 0 Å². The van der Waals surface area contributed by atoms with E-state index < -0.39 is 5.60 Å². The highest BCUT2D eigenvalue weighted by atomic mass is 16.5. The van der Waals surface area contributed by atoms with Crippen LogP contribution in [0.1, 0.15) is 53.6 Å². The van der Waals surface area contributed by atoms with E-state index in [9.17, 15) is 5.26 Å². The number of nitrogen functional groups attached to an aromatic ring is 1. The van der Waals surface area contributed by atoms with E-state index >= 15 is 0 Å². The summed E-state index contributed by atoms with van der Waals surface area (Å²) in [6.07, 6.45) is 5.41. The highest BCUT2D eigenvalue weighted by Crippen LogP contribution is 2.48. The zero-order chi connectivity index (χ0) is 25.4. The van der Waals surface area contributed by atoms with E-state index in [-0.39, 0.29) is 0 Å². The van der Waals surface area contributed by atoms with Gasteiger partial charge in [-0.1, -0.05) is 6.07 Å². The summed E-state index contributed by atoms with van der Waals surface area (Å²) >= 11 is 0. The minimum atomic E-state index is -0.611. The quantitative estimate of drug-likeness (QED) is 0.629. The second-order valence-corrected chi connectivity index (χ2v) is 10.9. The number of nitrogens with zero attached hydrogens (tertiary/aromatic N) is 5. The number of aromatic nitrogens is 2. The largest absolute Gasteiger partial charge is 0.463 e. The number of fused-ring (bicyclic) bond motifs is 3. The number of nitriles is 1. The van der Waals surface area contributed by atoms with Crippen molar-refractivity contribution in [1.82, 2.24) is 14.9 Å². The third-order valence-corrected chi connectivity index (χ3v) is 8.37. The van der Waals surface area contributed by atoms with Gasteiger partial charge in [-0.25, -0.2) is 0 Å². The molecule has 0 amide bonds. The van der Waals surface area contributed by atoms with Crippen LogP contribution in [0, 0.1) is 17.2 Å². The summed E-state index contributed by atoms with van der Waals surface area (Å²) in [5, 5.41) is 10.0. The fourth-order valence-corrected chi connectivity index (χ4v) is 6.48. The lowest BCUT2D eigenvalue weighted by Gasteiger charge is -2.43. The van der Waals surface area contributed by atoms with Crippen molar-refractivity contribution in [2.75, 3.05) is 63.7 Å². The van der Waals surface area contributed by atoms with E-state index in [0.29, 0.717) is 49.4 Å². The molecule has 0 saturated carbocycles. The van der Waals surface area contributed by atoms with Crippen molar-refractivity contribution < 1.29 is 14.2 Å². The van der Waals surface area contributed by atoms with Gasteiger partial charge in [-0.15, -0.1) is 0 Å². The fourth-order valence-electron chi connectivity index (χ4n) is 6.48. The number of hydrogen-bond donors (Lipinski definition) is 1. The maximum absolute atomic E-state index is 10.0. The van der Waals surface area contributed by atoms with Crippen LogP contribution in [0.5, 0.6) is 6.01 Å². The van der Waals surface area contributed by atoms with E-state index in [2.05, 4.69) is 29.0 Å². The van der Waals surface area contributed by atoms with Gasteiger partial charge < -0.3 is 29.7 Å². The SMILES string of the molecule is CN1CCC(COc2nc3c(c(N4CCCOCC4)n2)COC2(CCCc4ccc(N)c(C#N)c42)C3)C1. The maximum Gasteiger partial charge on any atom is 0.318 e. The van der Waals surface area contributed by atoms with Crippen LogP contribution in [0.25, 0.3) is 0 Å². The standard InChI is InChI=1S/C28H36N6O3/c1-33-10-7-19(16-33)17-36-27-31-24-14-28(8-2-4-20-5-6-23(30)21(15-29)25(20)28)37-18-22(24)26(32-27)34-9-3-12-35-13-11-34/h5-6,19H,2-4,7-14,16-18,30H2,1H3. The first-order valence-electron chi connectivity index (χ1n) is 13.6. The molecule has 1 aliphatic carbocycles. The molecule has 2 N–H and O–H groups in total. The Balaban J connectivity index is 1.38. The molecule has 37 heavy (non-hydrogen) atoms. The van der Waals surface area contributed by atoms with Gasteiger partial charge in [0.25, 0.3) is 0 Å². The van der Waals surface area contributed by atoms with Crippen LogP contribution in [-0.4, -0.2) is 67.9 Å². The molecule has 196 valence electrons. The molecule has 2 aromatic rings. The second kappa shape index (κ2) is 10.1. The van der Waals surface area contributed by atoms with Crippen LogP contribution < -0.4 is 15.4 Å². The van der Waals surface area contributed by atoms with Gasteiger partial charge in [0.15, 0.2) is 0 Å². The molecule has 1 spiro atoms. The molecule has 4 aliphatic rings. The Morgan fingerprint density at radius 1 is 1.22 bits per heavy atom. The van der Waals surface area contributed by atoms with E-state index in [1.54, 1.807) is 0 Å². The molecule has 9 heteroatoms. The predicted octanol–water partition coefficient (Wildman–Crippen LogP) is 2.79. The fraction of sp³-hybridized carbons (Fsp3) is 0.607. The van der Waals surface area contributed by atoms with Crippen molar-refractivity contribution in [2.45, 2.75) is 50.7 Å². The minimum Gasteiger partial charge on any atom is -0.463 e. The zero-order valence-corrected chi connectivity index (χ0v) is 21.7. The third kappa shape index (κ3) is 4.63. The Kier molecular flexibility index (Phi) is 6.65. The maximum atomic E-state index is 10.0.